The molecular formula is C16H23NO3. The Morgan fingerprint density at radius 2 is 1.95 bits per heavy atom. The van der Waals surface area contributed by atoms with Gasteiger partial charge in [-0.15, -0.1) is 0 Å². The number of amides is 1. The third-order valence-corrected chi connectivity index (χ3v) is 3.52. The molecule has 1 amide bonds. The molecule has 4 heteroatoms. The molecule has 0 aromatic heterocycles. The first kappa shape index (κ1) is 14.7. The highest BCUT2D eigenvalue weighted by Crippen LogP contribution is 2.27. The van der Waals surface area contributed by atoms with E-state index in [2.05, 4.69) is 5.32 Å². The summed E-state index contributed by atoms with van der Waals surface area (Å²) in [5, 5.41) is 2.96. The molecule has 1 fully saturated rings. The highest BCUT2D eigenvalue weighted by atomic mass is 16.5. The van der Waals surface area contributed by atoms with Crippen molar-refractivity contribution >= 4 is 5.91 Å². The van der Waals surface area contributed by atoms with Crippen molar-refractivity contribution in [2.75, 3.05) is 19.8 Å². The van der Waals surface area contributed by atoms with Crippen molar-refractivity contribution in [3.63, 3.8) is 0 Å². The van der Waals surface area contributed by atoms with Crippen LogP contribution in [0.2, 0.25) is 0 Å². The fraction of sp³-hybridized carbons (Fsp3) is 0.562. The van der Waals surface area contributed by atoms with Gasteiger partial charge in [-0.2, -0.15) is 0 Å². The summed E-state index contributed by atoms with van der Waals surface area (Å²) in [6.07, 6.45) is 3.91. The summed E-state index contributed by atoms with van der Waals surface area (Å²) in [7, 11) is 0. The van der Waals surface area contributed by atoms with E-state index in [0.29, 0.717) is 13.2 Å². The Kier molecular flexibility index (Phi) is 5.71. The first-order chi connectivity index (χ1) is 9.81. The van der Waals surface area contributed by atoms with Crippen LogP contribution in [0.15, 0.2) is 24.3 Å². The lowest BCUT2D eigenvalue weighted by Gasteiger charge is -2.15. The standard InChI is InChI=1S/C16H23NO3/c1-2-19-14-8-3-4-9-15(14)20-12-10-13-7-5-6-11-17-16(13)18/h3-4,8-9,13H,2,5-7,10-12H2,1H3,(H,17,18). The molecule has 1 aromatic rings. The lowest BCUT2D eigenvalue weighted by molar-refractivity contribution is -0.125. The lowest BCUT2D eigenvalue weighted by Crippen LogP contribution is -2.29. The molecule has 1 aliphatic heterocycles. The first-order valence-corrected chi connectivity index (χ1v) is 7.43. The van der Waals surface area contributed by atoms with Crippen molar-refractivity contribution in [2.24, 2.45) is 5.92 Å². The molecule has 0 spiro atoms. The van der Waals surface area contributed by atoms with Crippen LogP contribution in [0.5, 0.6) is 11.5 Å². The number of carbonyl (C=O) groups is 1. The molecular weight excluding hydrogens is 254 g/mol. The van der Waals surface area contributed by atoms with Crippen molar-refractivity contribution in [3.8, 4) is 11.5 Å². The molecule has 1 aliphatic rings. The Morgan fingerprint density at radius 3 is 2.70 bits per heavy atom. The van der Waals surface area contributed by atoms with Crippen LogP contribution < -0.4 is 14.8 Å². The third kappa shape index (κ3) is 4.15. The molecule has 0 radical (unpaired) electrons. The summed E-state index contributed by atoms with van der Waals surface area (Å²) in [5.74, 6) is 1.77. The van der Waals surface area contributed by atoms with Crippen LogP contribution in [0.1, 0.15) is 32.6 Å². The zero-order valence-corrected chi connectivity index (χ0v) is 12.1. The average Bonchev–Trinajstić information content (AvgIpc) is 2.66. The number of para-hydroxylation sites is 2. The second kappa shape index (κ2) is 7.78. The van der Waals surface area contributed by atoms with E-state index in [4.69, 9.17) is 9.47 Å². The van der Waals surface area contributed by atoms with Gasteiger partial charge in [0.15, 0.2) is 11.5 Å². The van der Waals surface area contributed by atoms with Gasteiger partial charge in [-0.05, 0) is 38.3 Å². The second-order valence-electron chi connectivity index (χ2n) is 5.00. The lowest BCUT2D eigenvalue weighted by atomic mass is 9.99. The second-order valence-corrected chi connectivity index (χ2v) is 5.00. The van der Waals surface area contributed by atoms with Gasteiger partial charge in [0.25, 0.3) is 0 Å². The van der Waals surface area contributed by atoms with E-state index in [1.54, 1.807) is 0 Å². The SMILES string of the molecule is CCOc1ccccc1OCCC1CCCCNC1=O. The maximum Gasteiger partial charge on any atom is 0.223 e. The Hall–Kier alpha value is -1.71. The van der Waals surface area contributed by atoms with Gasteiger partial charge in [0.1, 0.15) is 0 Å². The molecule has 1 N–H and O–H groups in total. The van der Waals surface area contributed by atoms with Crippen molar-refractivity contribution in [2.45, 2.75) is 32.6 Å². The summed E-state index contributed by atoms with van der Waals surface area (Å²) >= 11 is 0. The monoisotopic (exact) mass is 277 g/mol. The smallest absolute Gasteiger partial charge is 0.223 e. The molecule has 0 aliphatic carbocycles. The molecule has 0 bridgehead atoms. The minimum atomic E-state index is 0.0803. The number of benzene rings is 1. The van der Waals surface area contributed by atoms with Gasteiger partial charge < -0.3 is 14.8 Å². The highest BCUT2D eigenvalue weighted by Gasteiger charge is 2.20. The minimum absolute atomic E-state index is 0.0803. The molecule has 0 saturated carbocycles. The molecule has 1 atom stereocenters. The molecule has 2 rings (SSSR count). The van der Waals surface area contributed by atoms with Crippen LogP contribution in [0.4, 0.5) is 0 Å². The number of ether oxygens (including phenoxy) is 2. The zero-order chi connectivity index (χ0) is 14.2. The largest absolute Gasteiger partial charge is 0.490 e. The normalized spacial score (nSPS) is 19.1. The molecule has 1 aromatic carbocycles. The van der Waals surface area contributed by atoms with Crippen LogP contribution in [0.3, 0.4) is 0 Å². The van der Waals surface area contributed by atoms with Crippen molar-refractivity contribution in [1.82, 2.24) is 5.32 Å². The van der Waals surface area contributed by atoms with E-state index in [0.717, 1.165) is 43.7 Å². The minimum Gasteiger partial charge on any atom is -0.490 e. The van der Waals surface area contributed by atoms with E-state index in [-0.39, 0.29) is 11.8 Å². The van der Waals surface area contributed by atoms with Crippen molar-refractivity contribution in [3.05, 3.63) is 24.3 Å². The van der Waals surface area contributed by atoms with E-state index in [1.807, 2.05) is 31.2 Å². The highest BCUT2D eigenvalue weighted by molar-refractivity contribution is 5.78. The van der Waals surface area contributed by atoms with Crippen molar-refractivity contribution < 1.29 is 14.3 Å². The predicted molar refractivity (Wildman–Crippen MR) is 78.1 cm³/mol. The summed E-state index contributed by atoms with van der Waals surface area (Å²) in [5.41, 5.74) is 0. The van der Waals surface area contributed by atoms with E-state index < -0.39 is 0 Å². The van der Waals surface area contributed by atoms with Crippen molar-refractivity contribution in [1.29, 1.82) is 0 Å². The van der Waals surface area contributed by atoms with Crippen LogP contribution in [0, 0.1) is 5.92 Å². The van der Waals surface area contributed by atoms with Gasteiger partial charge in [0, 0.05) is 12.5 Å². The topological polar surface area (TPSA) is 47.6 Å². The Labute approximate surface area is 120 Å². The molecule has 20 heavy (non-hydrogen) atoms. The predicted octanol–water partition coefficient (Wildman–Crippen LogP) is 2.77. The Bertz CT molecular complexity index is 433. The maximum absolute atomic E-state index is 11.8. The van der Waals surface area contributed by atoms with E-state index in [9.17, 15) is 4.79 Å². The van der Waals surface area contributed by atoms with E-state index >= 15 is 0 Å². The van der Waals surface area contributed by atoms with Crippen LogP contribution in [0.25, 0.3) is 0 Å². The number of hydrogen-bond acceptors (Lipinski definition) is 3. The molecule has 1 unspecified atom stereocenters. The number of rotatable bonds is 6. The van der Waals surface area contributed by atoms with Gasteiger partial charge in [0.2, 0.25) is 5.91 Å². The fourth-order valence-corrected chi connectivity index (χ4v) is 2.43. The summed E-state index contributed by atoms with van der Waals surface area (Å²) in [6, 6.07) is 7.65. The quantitative estimate of drug-likeness (QED) is 0.869. The number of nitrogens with one attached hydrogen (secondary N) is 1. The molecule has 1 heterocycles. The molecule has 4 nitrogen and oxygen atoms in total. The van der Waals surface area contributed by atoms with Gasteiger partial charge >= 0.3 is 0 Å². The first-order valence-electron chi connectivity index (χ1n) is 7.43. The molecule has 110 valence electrons. The van der Waals surface area contributed by atoms with Gasteiger partial charge in [-0.1, -0.05) is 18.6 Å². The zero-order valence-electron chi connectivity index (χ0n) is 12.1. The van der Waals surface area contributed by atoms with Gasteiger partial charge in [-0.3, -0.25) is 4.79 Å². The van der Waals surface area contributed by atoms with E-state index in [1.165, 1.54) is 0 Å². The van der Waals surface area contributed by atoms with Gasteiger partial charge in [0.05, 0.1) is 13.2 Å². The fourth-order valence-electron chi connectivity index (χ4n) is 2.43. The molecule has 1 saturated heterocycles. The van der Waals surface area contributed by atoms with Crippen LogP contribution in [-0.4, -0.2) is 25.7 Å². The Morgan fingerprint density at radius 1 is 1.20 bits per heavy atom. The average molecular weight is 277 g/mol. The third-order valence-electron chi connectivity index (χ3n) is 3.52. The summed E-state index contributed by atoms with van der Waals surface area (Å²) < 4.78 is 11.3. The summed E-state index contributed by atoms with van der Waals surface area (Å²) in [6.45, 7) is 3.92. The van der Waals surface area contributed by atoms with Crippen LogP contribution >= 0.6 is 0 Å². The number of carbonyl (C=O) groups excluding carboxylic acids is 1. The van der Waals surface area contributed by atoms with Gasteiger partial charge in [-0.25, -0.2) is 0 Å². The number of hydrogen-bond donors (Lipinski definition) is 1. The summed E-state index contributed by atoms with van der Waals surface area (Å²) in [4.78, 5) is 11.8. The van der Waals surface area contributed by atoms with Crippen LogP contribution in [-0.2, 0) is 4.79 Å². The maximum atomic E-state index is 11.8. The Balaban J connectivity index is 1.84.